The van der Waals surface area contributed by atoms with E-state index in [1.807, 2.05) is 18.2 Å². The summed E-state index contributed by atoms with van der Waals surface area (Å²) < 4.78 is -0.594. The van der Waals surface area contributed by atoms with Gasteiger partial charge in [-0.15, -0.1) is 23.2 Å². The summed E-state index contributed by atoms with van der Waals surface area (Å²) in [7, 11) is 0. The van der Waals surface area contributed by atoms with Gasteiger partial charge in [-0.3, -0.25) is 0 Å². The Morgan fingerprint density at radius 1 is 1.20 bits per heavy atom. The fourth-order valence-corrected chi connectivity index (χ4v) is 3.09. The Morgan fingerprint density at radius 3 is 2.27 bits per heavy atom. The van der Waals surface area contributed by atoms with E-state index in [9.17, 15) is 0 Å². The van der Waals surface area contributed by atoms with Gasteiger partial charge in [-0.25, -0.2) is 0 Å². The smallest absolute Gasteiger partial charge is 0.129 e. The van der Waals surface area contributed by atoms with Crippen molar-refractivity contribution in [1.29, 1.82) is 0 Å². The van der Waals surface area contributed by atoms with Gasteiger partial charge in [0, 0.05) is 5.41 Å². The molecule has 82 valence electrons. The van der Waals surface area contributed by atoms with Crippen LogP contribution in [0.25, 0.3) is 0 Å². The third kappa shape index (κ3) is 1.89. The quantitative estimate of drug-likeness (QED) is 0.808. The summed E-state index contributed by atoms with van der Waals surface area (Å²) in [6.07, 6.45) is 2.78. The molecule has 0 radical (unpaired) electrons. The molecule has 1 nitrogen and oxygen atoms in total. The topological polar surface area (TPSA) is 26.0 Å². The molecule has 2 N–H and O–H groups in total. The summed E-state index contributed by atoms with van der Waals surface area (Å²) >= 11 is 12.5. The van der Waals surface area contributed by atoms with Crippen molar-refractivity contribution < 1.29 is 0 Å². The van der Waals surface area contributed by atoms with Crippen LogP contribution in [-0.2, 0) is 5.41 Å². The molecule has 1 aromatic rings. The van der Waals surface area contributed by atoms with Crippen LogP contribution in [0, 0.1) is 0 Å². The van der Waals surface area contributed by atoms with Crippen molar-refractivity contribution in [2.45, 2.75) is 29.0 Å². The molecular formula is C12H15Cl2N. The van der Waals surface area contributed by atoms with Crippen LogP contribution in [0.1, 0.15) is 24.8 Å². The highest BCUT2D eigenvalue weighted by atomic mass is 35.5. The predicted octanol–water partition coefficient (Wildman–Crippen LogP) is 3.24. The maximum atomic E-state index is 6.26. The highest BCUT2D eigenvalue weighted by molar-refractivity contribution is 6.52. The maximum Gasteiger partial charge on any atom is 0.129 e. The summed E-state index contributed by atoms with van der Waals surface area (Å²) in [5.41, 5.74) is 6.72. The lowest BCUT2D eigenvalue weighted by Crippen LogP contribution is -2.16. The van der Waals surface area contributed by atoms with Gasteiger partial charge in [0.05, 0.1) is 0 Å². The second-order valence-corrected chi connectivity index (χ2v) is 5.71. The van der Waals surface area contributed by atoms with Crippen LogP contribution in [0.3, 0.4) is 0 Å². The van der Waals surface area contributed by atoms with Crippen LogP contribution in [0.2, 0.25) is 0 Å². The Morgan fingerprint density at radius 2 is 1.80 bits per heavy atom. The van der Waals surface area contributed by atoms with Crippen LogP contribution in [0.15, 0.2) is 30.3 Å². The molecule has 0 aromatic heterocycles. The largest absolute Gasteiger partial charge is 0.330 e. The Labute approximate surface area is 101 Å². The van der Waals surface area contributed by atoms with E-state index in [0.29, 0.717) is 6.54 Å². The highest BCUT2D eigenvalue weighted by Gasteiger charge is 2.66. The number of hydrogen-bond donors (Lipinski definition) is 1. The molecule has 2 rings (SSSR count). The summed E-state index contributed by atoms with van der Waals surface area (Å²) in [5, 5.41) is 0. The first-order valence-corrected chi connectivity index (χ1v) is 6.01. The third-order valence-corrected chi connectivity index (χ3v) is 4.22. The minimum atomic E-state index is -0.594. The predicted molar refractivity (Wildman–Crippen MR) is 65.5 cm³/mol. The first kappa shape index (κ1) is 11.3. The molecule has 1 aliphatic rings. The molecule has 3 heteroatoms. The molecule has 0 amide bonds. The third-order valence-electron chi connectivity index (χ3n) is 3.23. The van der Waals surface area contributed by atoms with Gasteiger partial charge >= 0.3 is 0 Å². The van der Waals surface area contributed by atoms with E-state index in [1.54, 1.807) is 0 Å². The van der Waals surface area contributed by atoms with Gasteiger partial charge in [0.15, 0.2) is 0 Å². The monoisotopic (exact) mass is 243 g/mol. The lowest BCUT2D eigenvalue weighted by atomic mass is 9.91. The SMILES string of the molecule is NCCCC1(c2ccccc2)CC1(Cl)Cl. The molecular weight excluding hydrogens is 229 g/mol. The molecule has 1 aromatic carbocycles. The molecule has 0 aliphatic heterocycles. The minimum Gasteiger partial charge on any atom is -0.330 e. The standard InChI is InChI=1S/C12H15Cl2N/c13-12(14)9-11(12,7-4-8-15)10-5-2-1-3-6-10/h1-3,5-6H,4,7-9,15H2. The van der Waals surface area contributed by atoms with Gasteiger partial charge < -0.3 is 5.73 Å². The van der Waals surface area contributed by atoms with Crippen LogP contribution in [0.4, 0.5) is 0 Å². The molecule has 1 atom stereocenters. The fraction of sp³-hybridized carbons (Fsp3) is 0.500. The molecule has 1 unspecified atom stereocenters. The molecule has 0 spiro atoms. The number of nitrogens with two attached hydrogens (primary N) is 1. The lowest BCUT2D eigenvalue weighted by molar-refractivity contribution is 0.582. The Hall–Kier alpha value is -0.240. The van der Waals surface area contributed by atoms with Crippen LogP contribution < -0.4 is 5.73 Å². The number of rotatable bonds is 4. The average molecular weight is 244 g/mol. The van der Waals surface area contributed by atoms with Crippen LogP contribution in [-0.4, -0.2) is 10.9 Å². The Bertz CT molecular complexity index is 337. The number of benzene rings is 1. The minimum absolute atomic E-state index is 0.0588. The van der Waals surface area contributed by atoms with Crippen molar-refractivity contribution in [3.63, 3.8) is 0 Å². The Balaban J connectivity index is 2.23. The van der Waals surface area contributed by atoms with Gasteiger partial charge in [0.25, 0.3) is 0 Å². The van der Waals surface area contributed by atoms with Gasteiger partial charge in [-0.2, -0.15) is 0 Å². The zero-order chi connectivity index (χ0) is 10.9. The lowest BCUT2D eigenvalue weighted by Gasteiger charge is -2.18. The second kappa shape index (κ2) is 3.97. The van der Waals surface area contributed by atoms with Gasteiger partial charge in [-0.1, -0.05) is 30.3 Å². The number of hydrogen-bond acceptors (Lipinski definition) is 1. The van der Waals surface area contributed by atoms with Crippen molar-refractivity contribution in [3.8, 4) is 0 Å². The molecule has 1 saturated carbocycles. The van der Waals surface area contributed by atoms with Gasteiger partial charge in [0.1, 0.15) is 4.33 Å². The molecule has 0 bridgehead atoms. The molecule has 0 heterocycles. The van der Waals surface area contributed by atoms with E-state index in [1.165, 1.54) is 5.56 Å². The van der Waals surface area contributed by atoms with Gasteiger partial charge in [-0.05, 0) is 31.4 Å². The van der Waals surface area contributed by atoms with E-state index >= 15 is 0 Å². The summed E-state index contributed by atoms with van der Waals surface area (Å²) in [5.74, 6) is 0. The molecule has 15 heavy (non-hydrogen) atoms. The highest BCUT2D eigenvalue weighted by Crippen LogP contribution is 2.66. The van der Waals surface area contributed by atoms with Crippen molar-refractivity contribution in [2.24, 2.45) is 5.73 Å². The number of alkyl halides is 2. The second-order valence-electron chi connectivity index (χ2n) is 4.22. The summed E-state index contributed by atoms with van der Waals surface area (Å²) in [6.45, 7) is 0.693. The van der Waals surface area contributed by atoms with Crippen molar-refractivity contribution >= 4 is 23.2 Å². The number of halogens is 2. The average Bonchev–Trinajstić information content (AvgIpc) is 2.81. The van der Waals surface area contributed by atoms with Crippen molar-refractivity contribution in [3.05, 3.63) is 35.9 Å². The van der Waals surface area contributed by atoms with Crippen LogP contribution in [0.5, 0.6) is 0 Å². The van der Waals surface area contributed by atoms with Crippen molar-refractivity contribution in [1.82, 2.24) is 0 Å². The summed E-state index contributed by atoms with van der Waals surface area (Å²) in [6, 6.07) is 10.3. The summed E-state index contributed by atoms with van der Waals surface area (Å²) in [4.78, 5) is 0. The normalized spacial score (nSPS) is 27.7. The first-order valence-electron chi connectivity index (χ1n) is 5.26. The molecule has 1 aliphatic carbocycles. The van der Waals surface area contributed by atoms with E-state index in [2.05, 4.69) is 12.1 Å². The van der Waals surface area contributed by atoms with Gasteiger partial charge in [0.2, 0.25) is 0 Å². The zero-order valence-electron chi connectivity index (χ0n) is 8.55. The molecule has 1 fully saturated rings. The zero-order valence-corrected chi connectivity index (χ0v) is 10.1. The van der Waals surface area contributed by atoms with E-state index < -0.39 is 4.33 Å². The van der Waals surface area contributed by atoms with Crippen LogP contribution >= 0.6 is 23.2 Å². The molecule has 0 saturated heterocycles. The Kier molecular flexibility index (Phi) is 2.98. The fourth-order valence-electron chi connectivity index (χ4n) is 2.22. The van der Waals surface area contributed by atoms with E-state index in [4.69, 9.17) is 28.9 Å². The van der Waals surface area contributed by atoms with E-state index in [0.717, 1.165) is 19.3 Å². The maximum absolute atomic E-state index is 6.26. The first-order chi connectivity index (χ1) is 7.12. The van der Waals surface area contributed by atoms with Crippen molar-refractivity contribution in [2.75, 3.05) is 6.54 Å². The van der Waals surface area contributed by atoms with E-state index in [-0.39, 0.29) is 5.41 Å².